The molecule has 0 aromatic rings. The van der Waals surface area contributed by atoms with E-state index in [1.165, 1.54) is 38.8 Å². The topological polar surface area (TPSA) is 32.8 Å². The zero-order chi connectivity index (χ0) is 13.1. The molecule has 3 aliphatic rings. The summed E-state index contributed by atoms with van der Waals surface area (Å²) in [6.07, 6.45) is 7.45. The third-order valence-electron chi connectivity index (χ3n) is 5.08. The van der Waals surface area contributed by atoms with Crippen molar-refractivity contribution in [2.45, 2.75) is 38.1 Å². The maximum atomic E-state index is 11.4. The van der Waals surface area contributed by atoms with Crippen LogP contribution < -0.4 is 0 Å². The molecular formula is C15H26N2O2. The number of ether oxygens (including phenoxy) is 1. The first-order chi connectivity index (χ1) is 9.31. The number of carbonyl (C=O) groups excluding carboxylic acids is 1. The zero-order valence-corrected chi connectivity index (χ0v) is 11.9. The lowest BCUT2D eigenvalue weighted by Gasteiger charge is -2.33. The van der Waals surface area contributed by atoms with Crippen molar-refractivity contribution in [2.24, 2.45) is 5.41 Å². The third-order valence-corrected chi connectivity index (χ3v) is 5.08. The number of rotatable bonds is 4. The maximum absolute atomic E-state index is 11.4. The van der Waals surface area contributed by atoms with E-state index in [2.05, 4.69) is 9.80 Å². The molecule has 3 rings (SSSR count). The van der Waals surface area contributed by atoms with Crippen LogP contribution in [0.4, 0.5) is 0 Å². The standard InChI is InChI=1S/C15H26N2O2/c18-12-15(5-9-19-13-15)11-16-8-4-14(10-16)17-6-2-1-3-7-17/h12,14H,1-11,13H2. The smallest absolute Gasteiger partial charge is 0.129 e. The van der Waals surface area contributed by atoms with Crippen molar-refractivity contribution < 1.29 is 9.53 Å². The molecule has 0 aliphatic carbocycles. The first kappa shape index (κ1) is 13.5. The van der Waals surface area contributed by atoms with E-state index < -0.39 is 0 Å². The minimum Gasteiger partial charge on any atom is -0.380 e. The molecule has 4 heteroatoms. The Morgan fingerprint density at radius 3 is 2.74 bits per heavy atom. The van der Waals surface area contributed by atoms with Crippen LogP contribution in [0, 0.1) is 5.41 Å². The highest BCUT2D eigenvalue weighted by atomic mass is 16.5. The first-order valence-electron chi connectivity index (χ1n) is 7.82. The highest BCUT2D eigenvalue weighted by Crippen LogP contribution is 2.29. The lowest BCUT2D eigenvalue weighted by atomic mass is 9.89. The van der Waals surface area contributed by atoms with Gasteiger partial charge in [-0.1, -0.05) is 6.42 Å². The molecule has 4 nitrogen and oxygen atoms in total. The normalized spacial score (nSPS) is 37.8. The number of hydrogen-bond donors (Lipinski definition) is 0. The number of piperidine rings is 1. The molecule has 19 heavy (non-hydrogen) atoms. The molecule has 2 unspecified atom stereocenters. The molecule has 2 atom stereocenters. The Hall–Kier alpha value is -0.450. The molecule has 0 aromatic heterocycles. The van der Waals surface area contributed by atoms with Crippen LogP contribution in [0.5, 0.6) is 0 Å². The summed E-state index contributed by atoms with van der Waals surface area (Å²) in [5, 5.41) is 0. The van der Waals surface area contributed by atoms with Crippen LogP contribution in [-0.2, 0) is 9.53 Å². The molecule has 0 bridgehead atoms. The average Bonchev–Trinajstić information content (AvgIpc) is 3.10. The summed E-state index contributed by atoms with van der Waals surface area (Å²) in [6.45, 7) is 7.14. The Labute approximate surface area is 116 Å². The van der Waals surface area contributed by atoms with Crippen molar-refractivity contribution in [1.82, 2.24) is 9.80 Å². The number of nitrogens with zero attached hydrogens (tertiary/aromatic N) is 2. The molecule has 3 saturated heterocycles. The Bertz CT molecular complexity index is 309. The van der Waals surface area contributed by atoms with Crippen LogP contribution in [0.2, 0.25) is 0 Å². The van der Waals surface area contributed by atoms with Gasteiger partial charge in [0.15, 0.2) is 0 Å². The SMILES string of the molecule is O=CC1(CN2CCC(N3CCCCC3)C2)CCOC1. The van der Waals surface area contributed by atoms with Crippen molar-refractivity contribution in [3.63, 3.8) is 0 Å². The highest BCUT2D eigenvalue weighted by Gasteiger charge is 2.39. The van der Waals surface area contributed by atoms with E-state index in [0.717, 1.165) is 45.0 Å². The number of hydrogen-bond acceptors (Lipinski definition) is 4. The predicted molar refractivity (Wildman–Crippen MR) is 74.2 cm³/mol. The Kier molecular flexibility index (Phi) is 4.20. The van der Waals surface area contributed by atoms with Crippen LogP contribution >= 0.6 is 0 Å². The van der Waals surface area contributed by atoms with Crippen LogP contribution in [-0.4, -0.2) is 68.1 Å². The van der Waals surface area contributed by atoms with Crippen molar-refractivity contribution in [2.75, 3.05) is 45.9 Å². The second-order valence-corrected chi connectivity index (χ2v) is 6.56. The fourth-order valence-corrected chi connectivity index (χ4v) is 3.86. The van der Waals surface area contributed by atoms with Crippen molar-refractivity contribution in [3.05, 3.63) is 0 Å². The number of aldehydes is 1. The van der Waals surface area contributed by atoms with Crippen molar-refractivity contribution in [3.8, 4) is 0 Å². The van der Waals surface area contributed by atoms with E-state index in [0.29, 0.717) is 6.61 Å². The molecule has 0 spiro atoms. The van der Waals surface area contributed by atoms with E-state index in [-0.39, 0.29) is 5.41 Å². The molecule has 108 valence electrons. The second kappa shape index (κ2) is 5.90. The minimum absolute atomic E-state index is 0.212. The van der Waals surface area contributed by atoms with Gasteiger partial charge in [-0.15, -0.1) is 0 Å². The lowest BCUT2D eigenvalue weighted by molar-refractivity contribution is -0.117. The molecular weight excluding hydrogens is 240 g/mol. The largest absolute Gasteiger partial charge is 0.380 e. The maximum Gasteiger partial charge on any atom is 0.129 e. The third kappa shape index (κ3) is 3.01. The van der Waals surface area contributed by atoms with Gasteiger partial charge in [0.1, 0.15) is 6.29 Å². The molecule has 0 N–H and O–H groups in total. The summed E-state index contributed by atoms with van der Waals surface area (Å²) in [6, 6.07) is 0.728. The van der Waals surface area contributed by atoms with Gasteiger partial charge in [-0.05, 0) is 45.3 Å². The predicted octanol–water partition coefficient (Wildman–Crippen LogP) is 1.15. The van der Waals surface area contributed by atoms with Crippen molar-refractivity contribution >= 4 is 6.29 Å². The van der Waals surface area contributed by atoms with E-state index in [1.54, 1.807) is 0 Å². The quantitative estimate of drug-likeness (QED) is 0.715. The Balaban J connectivity index is 1.52. The van der Waals surface area contributed by atoms with E-state index in [4.69, 9.17) is 4.74 Å². The van der Waals surface area contributed by atoms with Gasteiger partial charge in [-0.3, -0.25) is 4.90 Å². The monoisotopic (exact) mass is 266 g/mol. The lowest BCUT2D eigenvalue weighted by Crippen LogP contribution is -2.43. The Morgan fingerprint density at radius 2 is 2.05 bits per heavy atom. The number of carbonyl (C=O) groups is 1. The van der Waals surface area contributed by atoms with E-state index >= 15 is 0 Å². The zero-order valence-electron chi connectivity index (χ0n) is 11.9. The number of likely N-dealkylation sites (tertiary alicyclic amines) is 2. The second-order valence-electron chi connectivity index (χ2n) is 6.56. The van der Waals surface area contributed by atoms with Gasteiger partial charge in [0.2, 0.25) is 0 Å². The Morgan fingerprint density at radius 1 is 1.21 bits per heavy atom. The fraction of sp³-hybridized carbons (Fsp3) is 0.933. The molecule has 3 aliphatic heterocycles. The molecule has 3 fully saturated rings. The van der Waals surface area contributed by atoms with Gasteiger partial charge < -0.3 is 14.4 Å². The van der Waals surface area contributed by atoms with Gasteiger partial charge in [-0.2, -0.15) is 0 Å². The van der Waals surface area contributed by atoms with Crippen LogP contribution in [0.3, 0.4) is 0 Å². The average molecular weight is 266 g/mol. The van der Waals surface area contributed by atoms with Crippen molar-refractivity contribution in [1.29, 1.82) is 0 Å². The van der Waals surface area contributed by atoms with E-state index in [1.807, 2.05) is 0 Å². The van der Waals surface area contributed by atoms with Crippen LogP contribution in [0.1, 0.15) is 32.1 Å². The summed E-state index contributed by atoms with van der Waals surface area (Å²) in [5.41, 5.74) is -0.212. The molecule has 0 radical (unpaired) electrons. The van der Waals surface area contributed by atoms with Gasteiger partial charge in [-0.25, -0.2) is 0 Å². The van der Waals surface area contributed by atoms with Gasteiger partial charge in [0.25, 0.3) is 0 Å². The van der Waals surface area contributed by atoms with Gasteiger partial charge in [0, 0.05) is 25.7 Å². The first-order valence-corrected chi connectivity index (χ1v) is 7.82. The summed E-state index contributed by atoms with van der Waals surface area (Å²) >= 11 is 0. The molecule has 3 heterocycles. The summed E-state index contributed by atoms with van der Waals surface area (Å²) < 4.78 is 5.44. The van der Waals surface area contributed by atoms with Gasteiger partial charge >= 0.3 is 0 Å². The minimum atomic E-state index is -0.212. The van der Waals surface area contributed by atoms with E-state index in [9.17, 15) is 4.79 Å². The van der Waals surface area contributed by atoms with Gasteiger partial charge in [0.05, 0.1) is 12.0 Å². The fourth-order valence-electron chi connectivity index (χ4n) is 3.86. The molecule has 0 aromatic carbocycles. The summed E-state index contributed by atoms with van der Waals surface area (Å²) in [5.74, 6) is 0. The summed E-state index contributed by atoms with van der Waals surface area (Å²) in [7, 11) is 0. The van der Waals surface area contributed by atoms with Crippen LogP contribution in [0.15, 0.2) is 0 Å². The molecule has 0 saturated carbocycles. The van der Waals surface area contributed by atoms with Crippen LogP contribution in [0.25, 0.3) is 0 Å². The highest BCUT2D eigenvalue weighted by molar-refractivity contribution is 5.60. The summed E-state index contributed by atoms with van der Waals surface area (Å²) in [4.78, 5) is 16.5. The molecule has 0 amide bonds.